The second-order valence-electron chi connectivity index (χ2n) is 20.6. The Balaban J connectivity index is 0.000000141. The van der Waals surface area contributed by atoms with Crippen LogP contribution in [-0.2, 0) is 7.05 Å². The highest BCUT2D eigenvalue weighted by atomic mass is 32.1. The fourth-order valence-corrected chi connectivity index (χ4v) is 10.3. The number of aromatic amines is 3. The molecule has 0 aliphatic rings. The summed E-state index contributed by atoms with van der Waals surface area (Å²) in [5, 5.41) is 18.1. The van der Waals surface area contributed by atoms with Crippen molar-refractivity contribution in [3.05, 3.63) is 189 Å². The molecule has 0 aliphatic carbocycles. The lowest BCUT2D eigenvalue weighted by atomic mass is 10.00. The van der Waals surface area contributed by atoms with Crippen LogP contribution in [0.15, 0.2) is 140 Å². The highest BCUT2D eigenvalue weighted by Gasteiger charge is 2.12. The van der Waals surface area contributed by atoms with Gasteiger partial charge in [0.1, 0.15) is 0 Å². The number of pyridine rings is 1. The van der Waals surface area contributed by atoms with Crippen molar-refractivity contribution in [1.82, 2.24) is 39.3 Å². The lowest BCUT2D eigenvalue weighted by molar-refractivity contribution is 0.818. The van der Waals surface area contributed by atoms with Crippen LogP contribution in [0.5, 0.6) is 0 Å². The van der Waals surface area contributed by atoms with E-state index in [9.17, 15) is 0 Å². The monoisotopic (exact) mass is 981 g/mol. The van der Waals surface area contributed by atoms with Gasteiger partial charge in [0.15, 0.2) is 0 Å². The van der Waals surface area contributed by atoms with E-state index in [0.717, 1.165) is 5.52 Å². The van der Waals surface area contributed by atoms with Gasteiger partial charge >= 0.3 is 0 Å². The maximum atomic E-state index is 4.35. The second-order valence-corrected chi connectivity index (χ2v) is 21.8. The fourth-order valence-electron chi connectivity index (χ4n) is 9.35. The van der Waals surface area contributed by atoms with E-state index in [4.69, 9.17) is 0 Å². The molecule has 0 atom stereocenters. The van der Waals surface area contributed by atoms with Gasteiger partial charge in [-0.2, -0.15) is 10.2 Å². The molecule has 0 saturated heterocycles. The molecule has 0 amide bonds. The van der Waals surface area contributed by atoms with Crippen LogP contribution in [0.3, 0.4) is 0 Å². The first kappa shape index (κ1) is 54.6. The van der Waals surface area contributed by atoms with Gasteiger partial charge in [0.2, 0.25) is 0 Å². The minimum absolute atomic E-state index is 0.511. The summed E-state index contributed by atoms with van der Waals surface area (Å²) in [5.41, 5.74) is 15.4. The van der Waals surface area contributed by atoms with E-state index in [1.54, 1.807) is 0 Å². The number of hydrogen-bond acceptors (Lipinski definition) is 4. The van der Waals surface area contributed by atoms with Gasteiger partial charge in [-0.05, 0) is 109 Å². The Labute approximate surface area is 433 Å². The van der Waals surface area contributed by atoms with Crippen LogP contribution in [0.25, 0.3) is 49.1 Å². The normalized spacial score (nSPS) is 11.2. The average molecular weight is 981 g/mol. The third-order valence-electron chi connectivity index (χ3n) is 12.9. The van der Waals surface area contributed by atoms with Crippen LogP contribution in [0.4, 0.5) is 0 Å². The molecule has 7 aromatic heterocycles. The molecule has 72 heavy (non-hydrogen) atoms. The molecule has 0 unspecified atom stereocenters. The molecule has 0 fully saturated rings. The minimum Gasteiger partial charge on any atom is -0.361 e. The van der Waals surface area contributed by atoms with E-state index in [2.05, 4.69) is 243 Å². The van der Waals surface area contributed by atoms with Gasteiger partial charge in [-0.25, -0.2) is 9.50 Å². The topological polar surface area (TPSA) is 95.4 Å². The van der Waals surface area contributed by atoms with Crippen molar-refractivity contribution in [1.29, 1.82) is 0 Å². The molecule has 9 heteroatoms. The summed E-state index contributed by atoms with van der Waals surface area (Å²) in [7, 11) is 2.11. The molecule has 0 spiro atoms. The average Bonchev–Trinajstić information content (AvgIpc) is 4.22. The van der Waals surface area contributed by atoms with Crippen LogP contribution in [0.1, 0.15) is 168 Å². The van der Waals surface area contributed by atoms with Crippen molar-refractivity contribution in [2.75, 3.05) is 0 Å². The highest BCUT2D eigenvalue weighted by Crippen LogP contribution is 2.30. The zero-order valence-electron chi connectivity index (χ0n) is 45.9. The summed E-state index contributed by atoms with van der Waals surface area (Å²) >= 11 is 1.81. The Bertz CT molecular complexity index is 3200. The van der Waals surface area contributed by atoms with Crippen molar-refractivity contribution >= 4 is 60.5 Å². The van der Waals surface area contributed by atoms with Gasteiger partial charge in [0, 0.05) is 85.6 Å². The van der Waals surface area contributed by atoms with Crippen LogP contribution in [-0.4, -0.2) is 39.3 Å². The minimum atomic E-state index is 0.511. The Morgan fingerprint density at radius 2 is 1.10 bits per heavy atom. The number of hydrogen-bond donors (Lipinski definition) is 3. The number of nitrogens with one attached hydrogen (secondary N) is 3. The van der Waals surface area contributed by atoms with E-state index in [1.165, 1.54) is 92.8 Å². The standard InChI is InChI=1S/2C12H15N.C11H13N.2C10H12N2.C8H13NS/c1-9(2)11-8-13(3)12-7-5-4-6-10(11)12;1-8(2)12-9(3)13-11-7-5-4-6-10(11)12;1-8(2)10-7-12-11-6-4-3-5-9(10)11;1-8(2)9-7-11-12-6-4-3-5-10(9)12;1-7(2)10-8-5-3-4-6-9(8)11-12-10;1-5(2)8-6(3)9-7(4)10-8/h4-9H,1-3H3;4-8,13H,1-3H3;3-8,12H,1-2H3;3-8H,1-2H3;3-7H,1-2H3,(H,11,12);5H,1-4H3. The quantitative estimate of drug-likeness (QED) is 0.155. The summed E-state index contributed by atoms with van der Waals surface area (Å²) in [5.74, 6) is 3.48. The summed E-state index contributed by atoms with van der Waals surface area (Å²) in [6.45, 7) is 32.8. The maximum absolute atomic E-state index is 4.35. The van der Waals surface area contributed by atoms with E-state index in [-0.39, 0.29) is 0 Å². The number of aryl methyl sites for hydroxylation is 4. The van der Waals surface area contributed by atoms with Crippen molar-refractivity contribution in [3.8, 4) is 0 Å². The number of aromatic nitrogens is 8. The van der Waals surface area contributed by atoms with Gasteiger partial charge in [0.05, 0.1) is 27.9 Å². The van der Waals surface area contributed by atoms with Gasteiger partial charge in [0.25, 0.3) is 0 Å². The predicted octanol–water partition coefficient (Wildman–Crippen LogP) is 18.2. The summed E-state index contributed by atoms with van der Waals surface area (Å²) < 4.78 is 4.11. The molecule has 7 heterocycles. The summed E-state index contributed by atoms with van der Waals surface area (Å²) in [6.07, 6.45) is 8.26. The molecule has 3 N–H and O–H groups in total. The number of H-pyrrole nitrogens is 3. The SMILES string of the molecule is CC(C)c1[nH]nc2ccccc12.CC(C)c1c[nH]c2ccccc12.CC(C)c1cn(C)c2ccccc12.CC(C)c1cnn2ccccc12.Cc1[nH]c2ccccc2c1C(C)C.Cc1nc(C)c(C(C)C)s1. The van der Waals surface area contributed by atoms with E-state index < -0.39 is 0 Å². The van der Waals surface area contributed by atoms with Crippen LogP contribution < -0.4 is 0 Å². The molecular formula is C63H80N8S. The molecule has 378 valence electrons. The van der Waals surface area contributed by atoms with Crippen LogP contribution in [0.2, 0.25) is 0 Å². The largest absolute Gasteiger partial charge is 0.361 e. The number of rotatable bonds is 6. The van der Waals surface area contributed by atoms with Crippen molar-refractivity contribution in [3.63, 3.8) is 0 Å². The third-order valence-corrected chi connectivity index (χ3v) is 14.3. The predicted molar refractivity (Wildman–Crippen MR) is 312 cm³/mol. The molecule has 11 rings (SSSR count). The Morgan fingerprint density at radius 3 is 1.69 bits per heavy atom. The third kappa shape index (κ3) is 13.4. The van der Waals surface area contributed by atoms with E-state index in [1.807, 2.05) is 58.6 Å². The zero-order chi connectivity index (χ0) is 52.2. The first-order chi connectivity index (χ1) is 34.4. The Hall–Kier alpha value is -6.71. The number of thiazole rings is 1. The van der Waals surface area contributed by atoms with E-state index >= 15 is 0 Å². The summed E-state index contributed by atoms with van der Waals surface area (Å²) in [6, 6.07) is 39.8. The molecule has 0 bridgehead atoms. The molecule has 0 saturated carbocycles. The lowest BCUT2D eigenvalue weighted by Crippen LogP contribution is -1.87. The van der Waals surface area contributed by atoms with Crippen LogP contribution in [0, 0.1) is 20.8 Å². The number of para-hydroxylation sites is 4. The van der Waals surface area contributed by atoms with Gasteiger partial charge in [-0.1, -0.05) is 162 Å². The molecule has 4 aromatic carbocycles. The van der Waals surface area contributed by atoms with Crippen molar-refractivity contribution in [2.45, 2.75) is 139 Å². The second kappa shape index (κ2) is 25.1. The van der Waals surface area contributed by atoms with Crippen LogP contribution >= 0.6 is 11.3 Å². The number of benzene rings is 4. The molecule has 11 aromatic rings. The van der Waals surface area contributed by atoms with Gasteiger partial charge < -0.3 is 14.5 Å². The first-order valence-corrected chi connectivity index (χ1v) is 26.7. The number of nitrogens with zero attached hydrogens (tertiary/aromatic N) is 5. The van der Waals surface area contributed by atoms with Gasteiger partial charge in [-0.3, -0.25) is 5.10 Å². The maximum Gasteiger partial charge on any atom is 0.0923 e. The van der Waals surface area contributed by atoms with E-state index in [0.29, 0.717) is 35.5 Å². The number of fused-ring (bicyclic) bond motifs is 5. The molecule has 8 nitrogen and oxygen atoms in total. The smallest absolute Gasteiger partial charge is 0.0923 e. The summed E-state index contributed by atoms with van der Waals surface area (Å²) in [4.78, 5) is 12.5. The molecular weight excluding hydrogens is 901 g/mol. The Kier molecular flexibility index (Phi) is 19.0. The highest BCUT2D eigenvalue weighted by molar-refractivity contribution is 7.11. The molecule has 0 aliphatic heterocycles. The lowest BCUT2D eigenvalue weighted by Gasteiger charge is -2.04. The first-order valence-electron chi connectivity index (χ1n) is 25.8. The fraction of sp³-hybridized carbons (Fsp3) is 0.349. The zero-order valence-corrected chi connectivity index (χ0v) is 46.7. The Morgan fingerprint density at radius 1 is 0.528 bits per heavy atom. The molecule has 0 radical (unpaired) electrons. The van der Waals surface area contributed by atoms with Crippen molar-refractivity contribution in [2.24, 2.45) is 7.05 Å². The van der Waals surface area contributed by atoms with Gasteiger partial charge in [-0.15, -0.1) is 11.3 Å². The van der Waals surface area contributed by atoms with Crippen molar-refractivity contribution < 1.29 is 0 Å².